The Labute approximate surface area is 245 Å². The van der Waals surface area contributed by atoms with Gasteiger partial charge in [-0.2, -0.15) is 5.10 Å². The van der Waals surface area contributed by atoms with Crippen molar-refractivity contribution in [3.8, 4) is 11.7 Å². The van der Waals surface area contributed by atoms with Gasteiger partial charge in [-0.05, 0) is 77.3 Å². The molecule has 3 aromatic heterocycles. The molecular formula is C29H38FN7O4S. The van der Waals surface area contributed by atoms with Crippen LogP contribution in [0.1, 0.15) is 75.3 Å². The number of nitrogens with zero attached hydrogens (tertiary/aromatic N) is 6. The standard InChI is InChI=1S/C29H38FN7O4S/c1-19-13-27(3,4)36(15-19)25-21(26(38)34-42(39,40)22-14-31-35(5)20(22)2)7-8-23(32-25)37-12-9-24(33-37)41-18-28-10-6-11-29(30,16-28)17-28/h7-9,12,14,19H,6,10-11,13,15-18H2,1-5H3,(H,34,38)/t19-,28?,29?/m0/s1. The lowest BCUT2D eigenvalue weighted by atomic mass is 9.53. The van der Waals surface area contributed by atoms with Gasteiger partial charge in [-0.25, -0.2) is 27.2 Å². The van der Waals surface area contributed by atoms with Crippen LogP contribution in [0.2, 0.25) is 0 Å². The van der Waals surface area contributed by atoms with E-state index in [9.17, 15) is 17.6 Å². The topological polar surface area (TPSA) is 124 Å². The molecule has 1 atom stereocenters. The van der Waals surface area contributed by atoms with Gasteiger partial charge in [0, 0.05) is 36.8 Å². The molecule has 0 aromatic carbocycles. The Bertz CT molecular complexity index is 1640. The van der Waals surface area contributed by atoms with Crippen LogP contribution in [-0.2, 0) is 17.1 Å². The van der Waals surface area contributed by atoms with Crippen LogP contribution in [0, 0.1) is 18.3 Å². The van der Waals surface area contributed by atoms with Crippen LogP contribution < -0.4 is 14.4 Å². The first-order valence-corrected chi connectivity index (χ1v) is 15.9. The van der Waals surface area contributed by atoms with Gasteiger partial charge in [0.1, 0.15) is 16.4 Å². The number of rotatable bonds is 8. The minimum Gasteiger partial charge on any atom is -0.476 e. The molecule has 4 heterocycles. The normalized spacial score (nSPS) is 26.6. The van der Waals surface area contributed by atoms with Gasteiger partial charge in [-0.3, -0.25) is 9.48 Å². The summed E-state index contributed by atoms with van der Waals surface area (Å²) in [6, 6.07) is 4.95. The third-order valence-electron chi connectivity index (χ3n) is 9.18. The molecule has 0 spiro atoms. The number of carbonyl (C=O) groups excluding carboxylic acids is 1. The lowest BCUT2D eigenvalue weighted by Gasteiger charge is -2.55. The van der Waals surface area contributed by atoms with E-state index in [1.165, 1.54) is 10.9 Å². The Kier molecular flexibility index (Phi) is 6.67. The van der Waals surface area contributed by atoms with Crippen molar-refractivity contribution in [3.63, 3.8) is 0 Å². The molecule has 4 fully saturated rings. The van der Waals surface area contributed by atoms with Crippen LogP contribution in [0.5, 0.6) is 5.88 Å². The predicted octanol–water partition coefficient (Wildman–Crippen LogP) is 4.10. The number of nitrogens with one attached hydrogen (secondary N) is 1. The zero-order valence-electron chi connectivity index (χ0n) is 24.7. The van der Waals surface area contributed by atoms with Gasteiger partial charge in [-0.1, -0.05) is 6.92 Å². The highest BCUT2D eigenvalue weighted by Crippen LogP contribution is 2.60. The summed E-state index contributed by atoms with van der Waals surface area (Å²) >= 11 is 0. The SMILES string of the molecule is Cc1c(S(=O)(=O)NC(=O)c2ccc(-n3ccc(OCC45CCCC(F)(C4)C5)n3)nc2N2C[C@@H](C)CC2(C)C)cnn1C. The van der Waals surface area contributed by atoms with Gasteiger partial charge in [0.2, 0.25) is 5.88 Å². The molecule has 0 radical (unpaired) electrons. The molecule has 11 nitrogen and oxygen atoms in total. The molecule has 3 aromatic rings. The quantitative estimate of drug-likeness (QED) is 0.411. The first kappa shape index (κ1) is 28.6. The van der Waals surface area contributed by atoms with Crippen molar-refractivity contribution in [3.05, 3.63) is 41.9 Å². The molecule has 1 aliphatic heterocycles. The van der Waals surface area contributed by atoms with Crippen LogP contribution >= 0.6 is 0 Å². The Balaban J connectivity index is 1.27. The fraction of sp³-hybridized carbons (Fsp3) is 0.586. The van der Waals surface area contributed by atoms with Crippen molar-refractivity contribution < 1.29 is 22.3 Å². The fourth-order valence-corrected chi connectivity index (χ4v) is 8.39. The van der Waals surface area contributed by atoms with E-state index in [0.29, 0.717) is 61.5 Å². The van der Waals surface area contributed by atoms with Crippen molar-refractivity contribution in [1.29, 1.82) is 0 Å². The second-order valence-electron chi connectivity index (χ2n) is 13.2. The Morgan fingerprint density at radius 3 is 2.62 bits per heavy atom. The molecule has 7 rings (SSSR count). The highest BCUT2D eigenvalue weighted by molar-refractivity contribution is 7.90. The lowest BCUT2D eigenvalue weighted by Crippen LogP contribution is -2.55. The highest BCUT2D eigenvalue weighted by Gasteiger charge is 2.58. The molecule has 13 heteroatoms. The number of hydrogen-bond acceptors (Lipinski definition) is 8. The number of aryl methyl sites for hydroxylation is 1. The third-order valence-corrected chi connectivity index (χ3v) is 10.6. The molecule has 3 saturated carbocycles. The summed E-state index contributed by atoms with van der Waals surface area (Å²) < 4.78 is 51.9. The van der Waals surface area contributed by atoms with Crippen LogP contribution in [0.3, 0.4) is 0 Å². The average Bonchev–Trinajstić information content (AvgIpc) is 3.58. The van der Waals surface area contributed by atoms with Gasteiger partial charge < -0.3 is 9.64 Å². The molecule has 4 aliphatic rings. The van der Waals surface area contributed by atoms with Gasteiger partial charge in [0.15, 0.2) is 5.82 Å². The number of halogens is 1. The number of fused-ring (bicyclic) bond motifs is 2. The van der Waals surface area contributed by atoms with Crippen LogP contribution in [0.4, 0.5) is 10.2 Å². The van der Waals surface area contributed by atoms with E-state index in [0.717, 1.165) is 19.3 Å². The van der Waals surface area contributed by atoms with Crippen LogP contribution in [0.25, 0.3) is 5.82 Å². The number of amides is 1. The molecule has 226 valence electrons. The number of alkyl halides is 1. The van der Waals surface area contributed by atoms with E-state index in [-0.39, 0.29) is 21.4 Å². The molecule has 0 unspecified atom stereocenters. The average molecular weight is 600 g/mol. The van der Waals surface area contributed by atoms with E-state index >= 15 is 0 Å². The Hall–Kier alpha value is -3.48. The lowest BCUT2D eigenvalue weighted by molar-refractivity contribution is -0.131. The summed E-state index contributed by atoms with van der Waals surface area (Å²) in [5.74, 6) is 0.833. The third kappa shape index (κ3) is 5.05. The van der Waals surface area contributed by atoms with E-state index in [1.54, 1.807) is 43.0 Å². The van der Waals surface area contributed by atoms with Crippen molar-refractivity contribution in [2.24, 2.45) is 18.4 Å². The summed E-state index contributed by atoms with van der Waals surface area (Å²) in [6.07, 6.45) is 7.44. The maximum absolute atomic E-state index is 14.5. The van der Waals surface area contributed by atoms with Crippen LogP contribution in [0.15, 0.2) is 35.5 Å². The highest BCUT2D eigenvalue weighted by atomic mass is 32.2. The molecule has 1 N–H and O–H groups in total. The van der Waals surface area contributed by atoms with E-state index in [1.807, 2.05) is 0 Å². The zero-order valence-corrected chi connectivity index (χ0v) is 25.5. The molecule has 42 heavy (non-hydrogen) atoms. The Morgan fingerprint density at radius 1 is 1.21 bits per heavy atom. The first-order valence-electron chi connectivity index (χ1n) is 14.4. The number of pyridine rings is 1. The number of ether oxygens (including phenoxy) is 1. The summed E-state index contributed by atoms with van der Waals surface area (Å²) in [7, 11) is -2.53. The fourth-order valence-electron chi connectivity index (χ4n) is 7.22. The molecule has 1 saturated heterocycles. The first-order chi connectivity index (χ1) is 19.7. The monoisotopic (exact) mass is 599 g/mol. The minimum atomic E-state index is -4.16. The summed E-state index contributed by atoms with van der Waals surface area (Å²) in [4.78, 5) is 20.4. The van der Waals surface area contributed by atoms with E-state index in [4.69, 9.17) is 9.72 Å². The minimum absolute atomic E-state index is 0.0597. The predicted molar refractivity (Wildman–Crippen MR) is 154 cm³/mol. The Morgan fingerprint density at radius 2 is 1.98 bits per heavy atom. The largest absolute Gasteiger partial charge is 0.476 e. The van der Waals surface area contributed by atoms with Crippen LogP contribution in [-0.4, -0.2) is 63.2 Å². The van der Waals surface area contributed by atoms with E-state index in [2.05, 4.69) is 40.6 Å². The van der Waals surface area contributed by atoms with Crippen molar-refractivity contribution in [2.45, 2.75) is 82.3 Å². The second kappa shape index (κ2) is 9.78. The van der Waals surface area contributed by atoms with Crippen molar-refractivity contribution in [2.75, 3.05) is 18.1 Å². The smallest absolute Gasteiger partial charge is 0.268 e. The summed E-state index contributed by atoms with van der Waals surface area (Å²) in [6.45, 7) is 9.01. The number of hydrogen-bond donors (Lipinski definition) is 1. The van der Waals surface area contributed by atoms with Gasteiger partial charge in [0.25, 0.3) is 15.9 Å². The zero-order chi connectivity index (χ0) is 30.1. The molecule has 3 aliphatic carbocycles. The maximum atomic E-state index is 14.5. The van der Waals surface area contributed by atoms with Crippen molar-refractivity contribution in [1.82, 2.24) is 29.3 Å². The van der Waals surface area contributed by atoms with Gasteiger partial charge in [0.05, 0.1) is 24.1 Å². The van der Waals surface area contributed by atoms with Gasteiger partial charge >= 0.3 is 0 Å². The molecule has 1 amide bonds. The van der Waals surface area contributed by atoms with E-state index < -0.39 is 21.6 Å². The van der Waals surface area contributed by atoms with Gasteiger partial charge in [-0.15, -0.1) is 5.10 Å². The number of carbonyl (C=O) groups is 1. The summed E-state index contributed by atoms with van der Waals surface area (Å²) in [5, 5.41) is 8.54. The summed E-state index contributed by atoms with van der Waals surface area (Å²) in [5.41, 5.74) is -0.883. The van der Waals surface area contributed by atoms with Crippen molar-refractivity contribution >= 4 is 21.7 Å². The number of anilines is 1. The second-order valence-corrected chi connectivity index (χ2v) is 14.8. The number of sulfonamides is 1. The maximum Gasteiger partial charge on any atom is 0.268 e. The number of aromatic nitrogens is 5. The molecule has 2 bridgehead atoms. The molecular weight excluding hydrogens is 561 g/mol.